The lowest BCUT2D eigenvalue weighted by atomic mass is 9.86. The number of carbonyl (C=O) groups is 2. The number of carboxylic acids is 1. The van der Waals surface area contributed by atoms with Crippen molar-refractivity contribution >= 4 is 11.9 Å². The molecular formula is C16H19F2NO4. The average molecular weight is 327 g/mol. The highest BCUT2D eigenvalue weighted by molar-refractivity contribution is 5.85. The van der Waals surface area contributed by atoms with Gasteiger partial charge in [0.05, 0.1) is 7.11 Å². The molecule has 1 aromatic rings. The molecule has 1 aromatic carbocycles. The number of alkyl halides is 2. The molecule has 1 atom stereocenters. The van der Waals surface area contributed by atoms with Crippen LogP contribution < -0.4 is 10.1 Å². The standard InChI is InChI=1S/C16H19F2NO4/c1-23-12-4-2-10(3-5-12)13(15(21)22)19-14(20)11-6-8-16(17,18)9-7-11/h2-5,11,13H,6-9H2,1H3,(H,19,20)(H,21,22). The second-order valence-electron chi connectivity index (χ2n) is 5.68. The number of aliphatic carboxylic acids is 1. The van der Waals surface area contributed by atoms with Gasteiger partial charge in [-0.3, -0.25) is 4.79 Å². The van der Waals surface area contributed by atoms with E-state index in [2.05, 4.69) is 5.32 Å². The Labute approximate surface area is 132 Å². The molecular weight excluding hydrogens is 308 g/mol. The van der Waals surface area contributed by atoms with Crippen LogP contribution in [0.5, 0.6) is 5.75 Å². The van der Waals surface area contributed by atoms with Gasteiger partial charge in [0, 0.05) is 18.8 Å². The topological polar surface area (TPSA) is 75.6 Å². The Bertz CT molecular complexity index is 564. The summed E-state index contributed by atoms with van der Waals surface area (Å²) in [6, 6.07) is 5.08. The largest absolute Gasteiger partial charge is 0.497 e. The molecule has 5 nitrogen and oxygen atoms in total. The van der Waals surface area contributed by atoms with E-state index in [0.29, 0.717) is 11.3 Å². The SMILES string of the molecule is COc1ccc(C(NC(=O)C2CCC(F)(F)CC2)C(=O)O)cc1. The molecule has 0 aromatic heterocycles. The van der Waals surface area contributed by atoms with Crippen molar-refractivity contribution < 1.29 is 28.2 Å². The number of amides is 1. The van der Waals surface area contributed by atoms with Gasteiger partial charge in [-0.25, -0.2) is 13.6 Å². The second-order valence-corrected chi connectivity index (χ2v) is 5.68. The fourth-order valence-corrected chi connectivity index (χ4v) is 2.65. The fraction of sp³-hybridized carbons (Fsp3) is 0.500. The van der Waals surface area contributed by atoms with E-state index in [-0.39, 0.29) is 25.7 Å². The van der Waals surface area contributed by atoms with Crippen LogP contribution in [0.4, 0.5) is 8.78 Å². The minimum absolute atomic E-state index is 0.0633. The van der Waals surface area contributed by atoms with E-state index in [1.54, 1.807) is 24.3 Å². The maximum absolute atomic E-state index is 13.1. The Balaban J connectivity index is 2.04. The van der Waals surface area contributed by atoms with Crippen molar-refractivity contribution in [3.8, 4) is 5.75 Å². The molecule has 0 heterocycles. The number of nitrogens with one attached hydrogen (secondary N) is 1. The number of benzene rings is 1. The van der Waals surface area contributed by atoms with Crippen LogP contribution in [0.15, 0.2) is 24.3 Å². The molecule has 0 aliphatic heterocycles. The number of ether oxygens (including phenoxy) is 1. The zero-order valence-electron chi connectivity index (χ0n) is 12.7. The van der Waals surface area contributed by atoms with Crippen molar-refractivity contribution in [1.29, 1.82) is 0 Å². The molecule has 23 heavy (non-hydrogen) atoms. The molecule has 1 aliphatic carbocycles. The van der Waals surface area contributed by atoms with Crippen molar-refractivity contribution in [2.75, 3.05) is 7.11 Å². The lowest BCUT2D eigenvalue weighted by molar-refractivity contribution is -0.143. The van der Waals surface area contributed by atoms with Crippen molar-refractivity contribution in [3.05, 3.63) is 29.8 Å². The summed E-state index contributed by atoms with van der Waals surface area (Å²) < 4.78 is 31.3. The van der Waals surface area contributed by atoms with E-state index in [0.717, 1.165) is 0 Å². The zero-order chi connectivity index (χ0) is 17.0. The lowest BCUT2D eigenvalue weighted by Gasteiger charge is -2.28. The molecule has 0 bridgehead atoms. The number of hydrogen-bond acceptors (Lipinski definition) is 3. The molecule has 0 radical (unpaired) electrons. The van der Waals surface area contributed by atoms with Crippen molar-refractivity contribution in [1.82, 2.24) is 5.32 Å². The lowest BCUT2D eigenvalue weighted by Crippen LogP contribution is -2.40. The molecule has 1 fully saturated rings. The van der Waals surface area contributed by atoms with E-state index in [1.807, 2.05) is 0 Å². The van der Waals surface area contributed by atoms with Gasteiger partial charge in [0.2, 0.25) is 11.8 Å². The number of carboxylic acid groups (broad SMARTS) is 1. The number of methoxy groups -OCH3 is 1. The first kappa shape index (κ1) is 17.2. The Hall–Kier alpha value is -2.18. The molecule has 2 N–H and O–H groups in total. The first-order valence-corrected chi connectivity index (χ1v) is 7.37. The third-order valence-electron chi connectivity index (χ3n) is 4.07. The summed E-state index contributed by atoms with van der Waals surface area (Å²) in [7, 11) is 1.49. The highest BCUT2D eigenvalue weighted by Crippen LogP contribution is 2.36. The minimum Gasteiger partial charge on any atom is -0.497 e. The molecule has 0 saturated heterocycles. The molecule has 1 aliphatic rings. The van der Waals surface area contributed by atoms with Crippen molar-refractivity contribution in [3.63, 3.8) is 0 Å². The summed E-state index contributed by atoms with van der Waals surface area (Å²) in [5.74, 6) is -4.43. The van der Waals surface area contributed by atoms with Gasteiger partial charge in [-0.15, -0.1) is 0 Å². The number of hydrogen-bond donors (Lipinski definition) is 2. The number of rotatable bonds is 5. The van der Waals surface area contributed by atoms with Crippen LogP contribution in [-0.4, -0.2) is 30.0 Å². The van der Waals surface area contributed by atoms with Gasteiger partial charge < -0.3 is 15.2 Å². The first-order chi connectivity index (χ1) is 10.8. The van der Waals surface area contributed by atoms with Crippen LogP contribution in [0, 0.1) is 5.92 Å². The van der Waals surface area contributed by atoms with Gasteiger partial charge >= 0.3 is 5.97 Å². The summed E-state index contributed by atoms with van der Waals surface area (Å²) >= 11 is 0. The van der Waals surface area contributed by atoms with E-state index >= 15 is 0 Å². The summed E-state index contributed by atoms with van der Waals surface area (Å²) in [6.45, 7) is 0. The van der Waals surface area contributed by atoms with Crippen LogP contribution in [0.1, 0.15) is 37.3 Å². The summed E-state index contributed by atoms with van der Waals surface area (Å²) in [5, 5.41) is 11.8. The Morgan fingerprint density at radius 1 is 1.26 bits per heavy atom. The summed E-state index contributed by atoms with van der Waals surface area (Å²) in [5.41, 5.74) is 0.396. The summed E-state index contributed by atoms with van der Waals surface area (Å²) in [4.78, 5) is 23.6. The predicted molar refractivity (Wildman–Crippen MR) is 78.4 cm³/mol. The van der Waals surface area contributed by atoms with Gasteiger partial charge in [0.25, 0.3) is 0 Å². The molecule has 0 spiro atoms. The van der Waals surface area contributed by atoms with E-state index in [4.69, 9.17) is 4.74 Å². The van der Waals surface area contributed by atoms with Crippen LogP contribution in [0.2, 0.25) is 0 Å². The molecule has 1 saturated carbocycles. The Morgan fingerprint density at radius 2 is 1.83 bits per heavy atom. The minimum atomic E-state index is -2.72. The van der Waals surface area contributed by atoms with Crippen LogP contribution >= 0.6 is 0 Å². The van der Waals surface area contributed by atoms with Gasteiger partial charge in [-0.05, 0) is 30.5 Å². The maximum Gasteiger partial charge on any atom is 0.330 e. The molecule has 1 unspecified atom stereocenters. The van der Waals surface area contributed by atoms with Gasteiger partial charge in [-0.2, -0.15) is 0 Å². The first-order valence-electron chi connectivity index (χ1n) is 7.37. The molecule has 2 rings (SSSR count). The number of carbonyl (C=O) groups excluding carboxylic acids is 1. The van der Waals surface area contributed by atoms with Crippen molar-refractivity contribution in [2.24, 2.45) is 5.92 Å². The third kappa shape index (κ3) is 4.40. The van der Waals surface area contributed by atoms with Crippen LogP contribution in [0.3, 0.4) is 0 Å². The monoisotopic (exact) mass is 327 g/mol. The smallest absolute Gasteiger partial charge is 0.330 e. The average Bonchev–Trinajstić information content (AvgIpc) is 2.52. The Morgan fingerprint density at radius 3 is 2.30 bits per heavy atom. The van der Waals surface area contributed by atoms with Gasteiger partial charge in [0.15, 0.2) is 6.04 Å². The molecule has 7 heteroatoms. The summed E-state index contributed by atoms with van der Waals surface area (Å²) in [6.07, 6.45) is -0.557. The van der Waals surface area contributed by atoms with E-state index in [9.17, 15) is 23.5 Å². The highest BCUT2D eigenvalue weighted by Gasteiger charge is 2.38. The second kappa shape index (κ2) is 6.93. The van der Waals surface area contributed by atoms with E-state index in [1.165, 1.54) is 7.11 Å². The quantitative estimate of drug-likeness (QED) is 0.872. The normalized spacial score (nSPS) is 18.9. The van der Waals surface area contributed by atoms with Gasteiger partial charge in [-0.1, -0.05) is 12.1 Å². The number of halogens is 2. The van der Waals surface area contributed by atoms with E-state index < -0.39 is 29.8 Å². The fourth-order valence-electron chi connectivity index (χ4n) is 2.65. The maximum atomic E-state index is 13.1. The van der Waals surface area contributed by atoms with Crippen LogP contribution in [-0.2, 0) is 9.59 Å². The highest BCUT2D eigenvalue weighted by atomic mass is 19.3. The predicted octanol–water partition coefficient (Wildman–Crippen LogP) is 2.76. The van der Waals surface area contributed by atoms with Gasteiger partial charge in [0.1, 0.15) is 5.75 Å². The zero-order valence-corrected chi connectivity index (χ0v) is 12.7. The molecule has 1 amide bonds. The van der Waals surface area contributed by atoms with Crippen molar-refractivity contribution in [2.45, 2.75) is 37.6 Å². The molecule has 126 valence electrons. The third-order valence-corrected chi connectivity index (χ3v) is 4.07. The van der Waals surface area contributed by atoms with Crippen LogP contribution in [0.25, 0.3) is 0 Å². The Kier molecular flexibility index (Phi) is 5.18.